The molecule has 1 aromatic heterocycles. The molecular formula is C19H23N3O6S. The standard InChI is InChI=1S/C19H23N3O6S/c1-21-12-16(17(23)22(2)18(21)24)29(25,26)20-19(7-3-4-8-19)13-5-6-14-15(11-13)28-10-9-27-14/h5-6,11-12,20H,3-4,7-10H2,1-2H3. The third-order valence-corrected chi connectivity index (χ3v) is 7.10. The molecular weight excluding hydrogens is 398 g/mol. The van der Waals surface area contributed by atoms with E-state index in [2.05, 4.69) is 4.72 Å². The summed E-state index contributed by atoms with van der Waals surface area (Å²) in [5.74, 6) is 1.21. The molecule has 0 unspecified atom stereocenters. The fourth-order valence-electron chi connectivity index (χ4n) is 4.04. The van der Waals surface area contributed by atoms with Crippen molar-refractivity contribution in [1.82, 2.24) is 13.9 Å². The van der Waals surface area contributed by atoms with Crippen LogP contribution in [0.25, 0.3) is 0 Å². The summed E-state index contributed by atoms with van der Waals surface area (Å²) in [6.07, 6.45) is 3.96. The van der Waals surface area contributed by atoms with E-state index < -0.39 is 31.7 Å². The number of benzene rings is 1. The zero-order chi connectivity index (χ0) is 20.8. The predicted molar refractivity (Wildman–Crippen MR) is 105 cm³/mol. The van der Waals surface area contributed by atoms with Gasteiger partial charge in [0.25, 0.3) is 5.56 Å². The SMILES string of the molecule is Cn1cc(S(=O)(=O)NC2(c3ccc4c(c3)OCCO4)CCCC2)c(=O)n(C)c1=O. The first-order valence-electron chi connectivity index (χ1n) is 9.44. The normalized spacial score (nSPS) is 18.0. The molecule has 1 aliphatic carbocycles. The number of hydrogen-bond acceptors (Lipinski definition) is 6. The molecule has 1 aliphatic heterocycles. The average molecular weight is 421 g/mol. The Bertz CT molecular complexity index is 1180. The second-order valence-electron chi connectivity index (χ2n) is 7.50. The lowest BCUT2D eigenvalue weighted by molar-refractivity contribution is 0.171. The maximum Gasteiger partial charge on any atom is 0.330 e. The monoisotopic (exact) mass is 421 g/mol. The van der Waals surface area contributed by atoms with Crippen molar-refractivity contribution in [2.24, 2.45) is 14.1 Å². The van der Waals surface area contributed by atoms with Crippen LogP contribution in [0, 0.1) is 0 Å². The highest BCUT2D eigenvalue weighted by Gasteiger charge is 2.41. The van der Waals surface area contributed by atoms with E-state index in [-0.39, 0.29) is 0 Å². The van der Waals surface area contributed by atoms with Gasteiger partial charge in [-0.3, -0.25) is 9.36 Å². The van der Waals surface area contributed by atoms with Crippen molar-refractivity contribution in [2.75, 3.05) is 13.2 Å². The molecule has 0 spiro atoms. The van der Waals surface area contributed by atoms with Crippen molar-refractivity contribution in [1.29, 1.82) is 0 Å². The first kappa shape index (κ1) is 19.7. The predicted octanol–water partition coefficient (Wildman–Crippen LogP) is 0.603. The molecule has 0 saturated heterocycles. The van der Waals surface area contributed by atoms with Crippen molar-refractivity contribution in [3.63, 3.8) is 0 Å². The van der Waals surface area contributed by atoms with Crippen LogP contribution in [0.15, 0.2) is 38.9 Å². The molecule has 0 atom stereocenters. The number of nitrogens with zero attached hydrogens (tertiary/aromatic N) is 2. The maximum atomic E-state index is 13.2. The third-order valence-electron chi connectivity index (χ3n) is 5.59. The van der Waals surface area contributed by atoms with E-state index in [1.807, 2.05) is 6.07 Å². The largest absolute Gasteiger partial charge is 0.486 e. The van der Waals surface area contributed by atoms with Crippen LogP contribution in [0.5, 0.6) is 11.5 Å². The summed E-state index contributed by atoms with van der Waals surface area (Å²) in [5.41, 5.74) is -1.52. The Morgan fingerprint density at radius 1 is 1.03 bits per heavy atom. The van der Waals surface area contributed by atoms with Gasteiger partial charge in [0.2, 0.25) is 10.0 Å². The van der Waals surface area contributed by atoms with Gasteiger partial charge in [0.1, 0.15) is 13.2 Å². The van der Waals surface area contributed by atoms with E-state index in [1.165, 1.54) is 14.1 Å². The summed E-state index contributed by atoms with van der Waals surface area (Å²) in [7, 11) is -1.51. The second-order valence-corrected chi connectivity index (χ2v) is 9.15. The molecule has 0 amide bonds. The number of hydrogen-bond donors (Lipinski definition) is 1. The van der Waals surface area contributed by atoms with E-state index in [1.54, 1.807) is 12.1 Å². The van der Waals surface area contributed by atoms with Gasteiger partial charge in [-0.05, 0) is 30.5 Å². The Labute approximate surface area is 167 Å². The van der Waals surface area contributed by atoms with Crippen molar-refractivity contribution in [3.05, 3.63) is 50.8 Å². The Morgan fingerprint density at radius 3 is 2.38 bits per heavy atom. The van der Waals surface area contributed by atoms with E-state index in [9.17, 15) is 18.0 Å². The molecule has 1 N–H and O–H groups in total. The summed E-state index contributed by atoms with van der Waals surface area (Å²) >= 11 is 0. The summed E-state index contributed by atoms with van der Waals surface area (Å²) in [4.78, 5) is 24.0. The van der Waals surface area contributed by atoms with Gasteiger partial charge in [0, 0.05) is 20.3 Å². The summed E-state index contributed by atoms with van der Waals surface area (Å²) in [5, 5.41) is 0. The average Bonchev–Trinajstić information content (AvgIpc) is 3.17. The topological polar surface area (TPSA) is 109 Å². The first-order chi connectivity index (χ1) is 13.7. The Hall–Kier alpha value is -2.59. The summed E-state index contributed by atoms with van der Waals surface area (Å²) in [6, 6.07) is 5.42. The van der Waals surface area contributed by atoms with Crippen LogP contribution in [0.2, 0.25) is 0 Å². The fourth-order valence-corrected chi connectivity index (χ4v) is 5.65. The van der Waals surface area contributed by atoms with Crippen molar-refractivity contribution < 1.29 is 17.9 Å². The highest BCUT2D eigenvalue weighted by atomic mass is 32.2. The zero-order valence-electron chi connectivity index (χ0n) is 16.3. The molecule has 2 heterocycles. The molecule has 9 nitrogen and oxygen atoms in total. The minimum absolute atomic E-state index is 0.434. The molecule has 1 saturated carbocycles. The highest BCUT2D eigenvalue weighted by molar-refractivity contribution is 7.89. The van der Waals surface area contributed by atoms with Crippen LogP contribution in [-0.4, -0.2) is 30.8 Å². The lowest BCUT2D eigenvalue weighted by Crippen LogP contribution is -2.47. The number of sulfonamides is 1. The van der Waals surface area contributed by atoms with Crippen LogP contribution >= 0.6 is 0 Å². The number of nitrogens with one attached hydrogen (secondary N) is 1. The van der Waals surface area contributed by atoms with Crippen LogP contribution < -0.4 is 25.4 Å². The van der Waals surface area contributed by atoms with Gasteiger partial charge in [-0.1, -0.05) is 18.9 Å². The van der Waals surface area contributed by atoms with E-state index >= 15 is 0 Å². The van der Waals surface area contributed by atoms with Gasteiger partial charge < -0.3 is 14.0 Å². The molecule has 2 aromatic rings. The number of aromatic nitrogens is 2. The highest BCUT2D eigenvalue weighted by Crippen LogP contribution is 2.43. The minimum atomic E-state index is -4.18. The molecule has 2 aliphatic rings. The Kier molecular flexibility index (Phi) is 4.78. The van der Waals surface area contributed by atoms with Crippen LogP contribution in [0.1, 0.15) is 31.2 Å². The molecule has 1 fully saturated rings. The second kappa shape index (κ2) is 7.03. The number of ether oxygens (including phenoxy) is 2. The zero-order valence-corrected chi connectivity index (χ0v) is 17.1. The lowest BCUT2D eigenvalue weighted by Gasteiger charge is -2.31. The Morgan fingerprint density at radius 2 is 1.69 bits per heavy atom. The van der Waals surface area contributed by atoms with E-state index in [0.29, 0.717) is 37.6 Å². The van der Waals surface area contributed by atoms with E-state index in [0.717, 1.165) is 33.7 Å². The van der Waals surface area contributed by atoms with Gasteiger partial charge in [0.15, 0.2) is 16.4 Å². The van der Waals surface area contributed by atoms with Gasteiger partial charge >= 0.3 is 5.69 Å². The van der Waals surface area contributed by atoms with Gasteiger partial charge in [0.05, 0.1) is 5.54 Å². The Balaban J connectivity index is 1.78. The summed E-state index contributed by atoms with van der Waals surface area (Å²) in [6.45, 7) is 0.906. The van der Waals surface area contributed by atoms with Gasteiger partial charge in [-0.25, -0.2) is 17.9 Å². The van der Waals surface area contributed by atoms with Crippen LogP contribution in [-0.2, 0) is 29.7 Å². The number of rotatable bonds is 4. The minimum Gasteiger partial charge on any atom is -0.486 e. The third kappa shape index (κ3) is 3.36. The smallest absolute Gasteiger partial charge is 0.330 e. The molecule has 10 heteroatoms. The van der Waals surface area contributed by atoms with Crippen LogP contribution in [0.3, 0.4) is 0 Å². The first-order valence-corrected chi connectivity index (χ1v) is 10.9. The molecule has 1 aromatic carbocycles. The van der Waals surface area contributed by atoms with Crippen LogP contribution in [0.4, 0.5) is 0 Å². The molecule has 4 rings (SSSR count). The molecule has 0 bridgehead atoms. The van der Waals surface area contributed by atoms with Crippen molar-refractivity contribution >= 4 is 10.0 Å². The molecule has 29 heavy (non-hydrogen) atoms. The fraction of sp³-hybridized carbons (Fsp3) is 0.474. The maximum absolute atomic E-state index is 13.2. The van der Waals surface area contributed by atoms with Gasteiger partial charge in [-0.2, -0.15) is 0 Å². The quantitative estimate of drug-likeness (QED) is 0.775. The lowest BCUT2D eigenvalue weighted by atomic mass is 9.89. The number of aryl methyl sites for hydroxylation is 1. The van der Waals surface area contributed by atoms with Crippen molar-refractivity contribution in [2.45, 2.75) is 36.1 Å². The molecule has 156 valence electrons. The summed E-state index contributed by atoms with van der Waals surface area (Å²) < 4.78 is 42.2. The van der Waals surface area contributed by atoms with Gasteiger partial charge in [-0.15, -0.1) is 0 Å². The van der Waals surface area contributed by atoms with Crippen molar-refractivity contribution in [3.8, 4) is 11.5 Å². The number of fused-ring (bicyclic) bond motifs is 1. The molecule has 0 radical (unpaired) electrons. The van der Waals surface area contributed by atoms with E-state index in [4.69, 9.17) is 9.47 Å².